The second kappa shape index (κ2) is 7.46. The van der Waals surface area contributed by atoms with Crippen LogP contribution in [0.4, 0.5) is 0 Å². The van der Waals surface area contributed by atoms with Crippen molar-refractivity contribution in [3.8, 4) is 6.07 Å². The zero-order valence-corrected chi connectivity index (χ0v) is 14.2. The summed E-state index contributed by atoms with van der Waals surface area (Å²) in [6.07, 6.45) is 10.3. The fraction of sp³-hybridized carbons (Fsp3) is 0.778. The molecule has 0 spiro atoms. The van der Waals surface area contributed by atoms with Crippen molar-refractivity contribution in [2.24, 2.45) is 12.5 Å². The van der Waals surface area contributed by atoms with Gasteiger partial charge in [0, 0.05) is 45.1 Å². The molecule has 5 heteroatoms. The second-order valence-corrected chi connectivity index (χ2v) is 7.14. The Kier molecular flexibility index (Phi) is 5.34. The summed E-state index contributed by atoms with van der Waals surface area (Å²) in [6, 6.07) is 2.58. The topological polar surface area (TPSA) is 54.1 Å². The van der Waals surface area contributed by atoms with Gasteiger partial charge in [-0.2, -0.15) is 5.26 Å². The van der Waals surface area contributed by atoms with Gasteiger partial charge in [-0.25, -0.2) is 4.98 Å². The van der Waals surface area contributed by atoms with Gasteiger partial charge in [-0.3, -0.25) is 0 Å². The summed E-state index contributed by atoms with van der Waals surface area (Å²) in [5.74, 6) is 1.77. The Bertz CT molecular complexity index is 541. The Hall–Kier alpha value is -1.38. The smallest absolute Gasteiger partial charge is 0.112 e. The third-order valence-electron chi connectivity index (χ3n) is 5.55. The molecule has 2 aliphatic rings. The molecule has 0 aliphatic carbocycles. The maximum Gasteiger partial charge on any atom is 0.112 e. The van der Waals surface area contributed by atoms with Gasteiger partial charge in [0.15, 0.2) is 0 Å². The highest BCUT2D eigenvalue weighted by molar-refractivity contribution is 5.03. The lowest BCUT2D eigenvalue weighted by Gasteiger charge is -2.34. The van der Waals surface area contributed by atoms with E-state index in [-0.39, 0.29) is 5.41 Å². The normalized spacial score (nSPS) is 25.1. The van der Waals surface area contributed by atoms with Crippen LogP contribution in [-0.4, -0.2) is 47.3 Å². The summed E-state index contributed by atoms with van der Waals surface area (Å²) in [5, 5.41) is 9.55. The maximum absolute atomic E-state index is 9.55. The first kappa shape index (κ1) is 16.5. The van der Waals surface area contributed by atoms with Gasteiger partial charge < -0.3 is 14.2 Å². The number of piperidine rings is 1. The quantitative estimate of drug-likeness (QED) is 0.838. The number of ether oxygens (including phenoxy) is 1. The van der Waals surface area contributed by atoms with Crippen molar-refractivity contribution in [2.75, 3.05) is 32.8 Å². The third kappa shape index (κ3) is 3.94. The van der Waals surface area contributed by atoms with Gasteiger partial charge in [-0.05, 0) is 51.6 Å². The van der Waals surface area contributed by atoms with Crippen molar-refractivity contribution in [3.05, 3.63) is 18.2 Å². The first-order valence-corrected chi connectivity index (χ1v) is 8.91. The molecule has 0 saturated carbocycles. The predicted octanol–water partition coefficient (Wildman–Crippen LogP) is 2.70. The van der Waals surface area contributed by atoms with E-state index in [1.807, 2.05) is 12.4 Å². The van der Waals surface area contributed by atoms with Crippen LogP contribution >= 0.6 is 0 Å². The third-order valence-corrected chi connectivity index (χ3v) is 5.55. The average Bonchev–Trinajstić information content (AvgIpc) is 3.02. The minimum Gasteiger partial charge on any atom is -0.381 e. The molecule has 2 fully saturated rings. The van der Waals surface area contributed by atoms with E-state index in [2.05, 4.69) is 27.6 Å². The van der Waals surface area contributed by atoms with Crippen LogP contribution in [0.2, 0.25) is 0 Å². The zero-order valence-electron chi connectivity index (χ0n) is 14.2. The van der Waals surface area contributed by atoms with Gasteiger partial charge in [0.25, 0.3) is 0 Å². The second-order valence-electron chi connectivity index (χ2n) is 7.14. The van der Waals surface area contributed by atoms with Crippen LogP contribution in [0.5, 0.6) is 0 Å². The molecular formula is C18H28N4O. The summed E-state index contributed by atoms with van der Waals surface area (Å²) in [5.41, 5.74) is -0.132. The fourth-order valence-electron chi connectivity index (χ4n) is 4.06. The molecule has 5 nitrogen and oxygen atoms in total. The molecule has 126 valence electrons. The van der Waals surface area contributed by atoms with Gasteiger partial charge in [0.1, 0.15) is 5.82 Å². The van der Waals surface area contributed by atoms with Gasteiger partial charge in [0.05, 0.1) is 11.5 Å². The number of nitrogens with zero attached hydrogens (tertiary/aromatic N) is 4. The molecule has 23 heavy (non-hydrogen) atoms. The SMILES string of the molecule is Cn1ccnc1C1CCCN(CCCC2(C#N)CCOCC2)C1. The van der Waals surface area contributed by atoms with Crippen molar-refractivity contribution in [1.82, 2.24) is 14.5 Å². The Morgan fingerprint density at radius 3 is 2.96 bits per heavy atom. The minimum absolute atomic E-state index is 0.132. The number of rotatable bonds is 5. The van der Waals surface area contributed by atoms with Crippen LogP contribution in [0.15, 0.2) is 12.4 Å². The molecular weight excluding hydrogens is 288 g/mol. The number of aryl methyl sites for hydroxylation is 1. The van der Waals surface area contributed by atoms with Crippen LogP contribution < -0.4 is 0 Å². The van der Waals surface area contributed by atoms with Crippen molar-refractivity contribution >= 4 is 0 Å². The number of hydrogen-bond donors (Lipinski definition) is 0. The molecule has 0 radical (unpaired) electrons. The molecule has 1 aromatic rings. The lowest BCUT2D eigenvalue weighted by Crippen LogP contribution is -2.37. The highest BCUT2D eigenvalue weighted by Crippen LogP contribution is 2.35. The molecule has 1 atom stereocenters. The molecule has 1 unspecified atom stereocenters. The molecule has 2 saturated heterocycles. The van der Waals surface area contributed by atoms with E-state index >= 15 is 0 Å². The van der Waals surface area contributed by atoms with Crippen molar-refractivity contribution in [1.29, 1.82) is 5.26 Å². The lowest BCUT2D eigenvalue weighted by atomic mass is 9.78. The first-order valence-electron chi connectivity index (χ1n) is 8.91. The van der Waals surface area contributed by atoms with Crippen LogP contribution in [0, 0.1) is 16.7 Å². The molecule has 0 N–H and O–H groups in total. The summed E-state index contributed by atoms with van der Waals surface area (Å²) < 4.78 is 7.57. The predicted molar refractivity (Wildman–Crippen MR) is 89.0 cm³/mol. The standard InChI is InChI=1S/C18H28N4O/c1-21-11-8-20-17(21)16-4-2-9-22(14-16)10-3-5-18(15-19)6-12-23-13-7-18/h8,11,16H,2-7,9-10,12-14H2,1H3. The molecule has 2 aliphatic heterocycles. The monoisotopic (exact) mass is 316 g/mol. The van der Waals surface area contributed by atoms with Crippen LogP contribution in [0.1, 0.15) is 50.3 Å². The lowest BCUT2D eigenvalue weighted by molar-refractivity contribution is 0.0345. The molecule has 0 aromatic carbocycles. The zero-order chi connectivity index (χ0) is 16.1. The number of imidazole rings is 1. The largest absolute Gasteiger partial charge is 0.381 e. The molecule has 3 rings (SSSR count). The van der Waals surface area contributed by atoms with Crippen LogP contribution in [0.3, 0.4) is 0 Å². The fourth-order valence-corrected chi connectivity index (χ4v) is 4.06. The number of hydrogen-bond acceptors (Lipinski definition) is 4. The Morgan fingerprint density at radius 1 is 1.43 bits per heavy atom. The van der Waals surface area contributed by atoms with E-state index in [0.29, 0.717) is 5.92 Å². The van der Waals surface area contributed by atoms with Gasteiger partial charge in [-0.1, -0.05) is 0 Å². The van der Waals surface area contributed by atoms with E-state index in [4.69, 9.17) is 4.74 Å². The van der Waals surface area contributed by atoms with E-state index < -0.39 is 0 Å². The maximum atomic E-state index is 9.55. The van der Waals surface area contributed by atoms with E-state index in [1.54, 1.807) is 0 Å². The summed E-state index contributed by atoms with van der Waals surface area (Å²) in [6.45, 7) is 4.89. The molecule has 3 heterocycles. The molecule has 0 amide bonds. The molecule has 0 bridgehead atoms. The van der Waals surface area contributed by atoms with Crippen molar-refractivity contribution in [3.63, 3.8) is 0 Å². The number of likely N-dealkylation sites (tertiary alicyclic amines) is 1. The van der Waals surface area contributed by atoms with Gasteiger partial charge in [0.2, 0.25) is 0 Å². The van der Waals surface area contributed by atoms with Crippen LogP contribution in [-0.2, 0) is 11.8 Å². The van der Waals surface area contributed by atoms with Crippen molar-refractivity contribution in [2.45, 2.75) is 44.4 Å². The molecule has 1 aromatic heterocycles. The van der Waals surface area contributed by atoms with Crippen molar-refractivity contribution < 1.29 is 4.74 Å². The van der Waals surface area contributed by atoms with Crippen LogP contribution in [0.25, 0.3) is 0 Å². The van der Waals surface area contributed by atoms with E-state index in [0.717, 1.165) is 52.0 Å². The Balaban J connectivity index is 1.48. The Morgan fingerprint density at radius 2 is 2.26 bits per heavy atom. The summed E-state index contributed by atoms with van der Waals surface area (Å²) in [7, 11) is 2.09. The van der Waals surface area contributed by atoms with Gasteiger partial charge >= 0.3 is 0 Å². The highest BCUT2D eigenvalue weighted by atomic mass is 16.5. The highest BCUT2D eigenvalue weighted by Gasteiger charge is 2.32. The van der Waals surface area contributed by atoms with Gasteiger partial charge in [-0.15, -0.1) is 0 Å². The summed E-state index contributed by atoms with van der Waals surface area (Å²) in [4.78, 5) is 7.09. The van der Waals surface area contributed by atoms with E-state index in [1.165, 1.54) is 25.2 Å². The average molecular weight is 316 g/mol. The number of nitriles is 1. The van der Waals surface area contributed by atoms with E-state index in [9.17, 15) is 5.26 Å². The Labute approximate surface area is 139 Å². The minimum atomic E-state index is -0.132. The number of aromatic nitrogens is 2. The summed E-state index contributed by atoms with van der Waals surface area (Å²) >= 11 is 0. The first-order chi connectivity index (χ1) is 11.2.